The number of hydrogen-bond acceptors (Lipinski definition) is 6. The van der Waals surface area contributed by atoms with Crippen LogP contribution in [0, 0.1) is 5.41 Å². The molecule has 0 aliphatic heterocycles. The summed E-state index contributed by atoms with van der Waals surface area (Å²) in [4.78, 5) is 8.74. The Kier molecular flexibility index (Phi) is 22.5. The number of allylic oxidation sites excluding steroid dienone is 2. The minimum Gasteiger partial charge on any atom is -0.378 e. The van der Waals surface area contributed by atoms with Gasteiger partial charge in [0.15, 0.2) is 11.9 Å². The molecule has 0 unspecified atom stereocenters. The Bertz CT molecular complexity index is 565. The molecule has 198 valence electrons. The summed E-state index contributed by atoms with van der Waals surface area (Å²) in [6.07, 6.45) is 12.7. The molecule has 0 atom stereocenters. The van der Waals surface area contributed by atoms with Crippen LogP contribution in [0.2, 0.25) is 0 Å². The lowest BCUT2D eigenvalue weighted by molar-refractivity contribution is 0.0328. The van der Waals surface area contributed by atoms with Crippen molar-refractivity contribution < 1.29 is 9.47 Å². The molecule has 0 aliphatic rings. The highest BCUT2D eigenvalue weighted by Crippen LogP contribution is 1.96. The van der Waals surface area contributed by atoms with Gasteiger partial charge < -0.3 is 32.0 Å². The maximum absolute atomic E-state index is 7.23. The van der Waals surface area contributed by atoms with Crippen LogP contribution in [0.15, 0.2) is 29.3 Å². The van der Waals surface area contributed by atoms with Crippen molar-refractivity contribution in [1.82, 2.24) is 15.1 Å². The average Bonchev–Trinajstić information content (AvgIpc) is 2.80. The molecule has 0 radical (unpaired) electrons. The summed E-state index contributed by atoms with van der Waals surface area (Å²) < 4.78 is 11.6. The van der Waals surface area contributed by atoms with Gasteiger partial charge >= 0.3 is 0 Å². The highest BCUT2D eigenvalue weighted by atomic mass is 16.5. The third-order valence-electron chi connectivity index (χ3n) is 4.90. The summed E-state index contributed by atoms with van der Waals surface area (Å²) >= 11 is 0. The van der Waals surface area contributed by atoms with E-state index in [1.54, 1.807) is 0 Å². The second-order valence-electron chi connectivity index (χ2n) is 7.94. The molecule has 0 rings (SSSR count). The van der Waals surface area contributed by atoms with E-state index >= 15 is 0 Å². The monoisotopic (exact) mass is 482 g/mol. The largest absolute Gasteiger partial charge is 0.378 e. The Morgan fingerprint density at radius 3 is 1.79 bits per heavy atom. The van der Waals surface area contributed by atoms with Crippen LogP contribution < -0.4 is 22.5 Å². The van der Waals surface area contributed by atoms with Gasteiger partial charge in [-0.1, -0.05) is 38.2 Å². The van der Waals surface area contributed by atoms with E-state index < -0.39 is 0 Å². The van der Waals surface area contributed by atoms with Crippen LogP contribution in [0.3, 0.4) is 0 Å². The topological polar surface area (TPSA) is 151 Å². The van der Waals surface area contributed by atoms with Gasteiger partial charge in [-0.2, -0.15) is 0 Å². The lowest BCUT2D eigenvalue weighted by atomic mass is 10.3. The molecule has 34 heavy (non-hydrogen) atoms. The molecule has 0 amide bonds. The molecule has 0 aromatic carbocycles. The molecule has 8 N–H and O–H groups in total. The fraction of sp³-hybridized carbons (Fsp3) is 0.750. The molecule has 0 aliphatic carbocycles. The fourth-order valence-electron chi connectivity index (χ4n) is 3.11. The van der Waals surface area contributed by atoms with E-state index in [1.165, 1.54) is 0 Å². The van der Waals surface area contributed by atoms with Gasteiger partial charge in [0, 0.05) is 52.4 Å². The van der Waals surface area contributed by atoms with Crippen LogP contribution in [0.5, 0.6) is 0 Å². The molecule has 0 saturated heterocycles. The molecule has 0 saturated carbocycles. The second kappa shape index (κ2) is 24.0. The SMILES string of the molecule is CCC=CCN(CCCN=C(N)N)CCOCCOCCN(CC=CCC)CCCNC(=N)N. The number of aliphatic imine (C=N–C) groups is 1. The standard InChI is InChI=1S/C24H50N8O2/c1-3-5-7-13-31(15-9-11-29-23(25)26)17-19-33-21-22-34-20-18-32(14-8-6-4-2)16-10-12-30-24(27)28/h5-8H,3-4,9-22H2,1-2H3,(H4,25,26,29)(H4,27,28,30). The number of nitrogens with zero attached hydrogens (tertiary/aromatic N) is 3. The molecule has 10 nitrogen and oxygen atoms in total. The summed E-state index contributed by atoms with van der Waals surface area (Å²) in [6, 6.07) is 0. The molecular weight excluding hydrogens is 432 g/mol. The van der Waals surface area contributed by atoms with Crippen LogP contribution >= 0.6 is 0 Å². The van der Waals surface area contributed by atoms with Crippen molar-refractivity contribution in [1.29, 1.82) is 5.41 Å². The normalized spacial score (nSPS) is 11.8. The van der Waals surface area contributed by atoms with Crippen molar-refractivity contribution in [2.24, 2.45) is 22.2 Å². The van der Waals surface area contributed by atoms with E-state index in [9.17, 15) is 0 Å². The second-order valence-corrected chi connectivity index (χ2v) is 7.94. The van der Waals surface area contributed by atoms with Crippen molar-refractivity contribution in [3.8, 4) is 0 Å². The summed E-state index contributed by atoms with van der Waals surface area (Å²) in [7, 11) is 0. The molecule has 10 heteroatoms. The average molecular weight is 483 g/mol. The fourth-order valence-corrected chi connectivity index (χ4v) is 3.11. The lowest BCUT2D eigenvalue weighted by Gasteiger charge is -2.21. The predicted molar refractivity (Wildman–Crippen MR) is 143 cm³/mol. The molecule has 0 bridgehead atoms. The quantitative estimate of drug-likeness (QED) is 0.0628. The van der Waals surface area contributed by atoms with Crippen molar-refractivity contribution >= 4 is 11.9 Å². The number of guanidine groups is 2. The van der Waals surface area contributed by atoms with Gasteiger partial charge in [-0.3, -0.25) is 20.2 Å². The Labute approximate surface area is 207 Å². The molecule has 0 spiro atoms. The third kappa shape index (κ3) is 23.0. The lowest BCUT2D eigenvalue weighted by Crippen LogP contribution is -2.34. The van der Waals surface area contributed by atoms with Crippen LogP contribution in [-0.4, -0.2) is 101 Å². The van der Waals surface area contributed by atoms with Gasteiger partial charge in [-0.05, 0) is 25.7 Å². The maximum atomic E-state index is 7.23. The van der Waals surface area contributed by atoms with Crippen molar-refractivity contribution in [3.05, 3.63) is 24.3 Å². The van der Waals surface area contributed by atoms with Crippen LogP contribution in [0.25, 0.3) is 0 Å². The summed E-state index contributed by atoms with van der Waals surface area (Å²) in [5.74, 6) is 0.165. The third-order valence-corrected chi connectivity index (χ3v) is 4.90. The Morgan fingerprint density at radius 1 is 0.794 bits per heavy atom. The van der Waals surface area contributed by atoms with Crippen LogP contribution in [0.4, 0.5) is 0 Å². The first-order chi connectivity index (χ1) is 16.5. The number of hydrogen-bond donors (Lipinski definition) is 5. The van der Waals surface area contributed by atoms with Crippen molar-refractivity contribution in [2.75, 3.05) is 78.8 Å². The predicted octanol–water partition coefficient (Wildman–Crippen LogP) is 1.09. The highest BCUT2D eigenvalue weighted by molar-refractivity contribution is 5.75. The highest BCUT2D eigenvalue weighted by Gasteiger charge is 2.05. The first-order valence-electron chi connectivity index (χ1n) is 12.5. The van der Waals surface area contributed by atoms with Crippen molar-refractivity contribution in [3.63, 3.8) is 0 Å². The summed E-state index contributed by atoms with van der Waals surface area (Å²) in [5, 5.41) is 10.1. The molecule has 0 heterocycles. The van der Waals surface area contributed by atoms with Gasteiger partial charge in [0.05, 0.1) is 26.4 Å². The summed E-state index contributed by atoms with van der Waals surface area (Å²) in [5.41, 5.74) is 16.1. The zero-order valence-corrected chi connectivity index (χ0v) is 21.5. The van der Waals surface area contributed by atoms with Gasteiger partial charge in [-0.15, -0.1) is 0 Å². The minimum atomic E-state index is 0.0206. The zero-order valence-electron chi connectivity index (χ0n) is 21.5. The van der Waals surface area contributed by atoms with Gasteiger partial charge in [0.25, 0.3) is 0 Å². The number of nitrogens with two attached hydrogens (primary N) is 3. The van der Waals surface area contributed by atoms with E-state index in [4.69, 9.17) is 32.1 Å². The Morgan fingerprint density at radius 2 is 1.32 bits per heavy atom. The molecular formula is C24H50N8O2. The zero-order chi connectivity index (χ0) is 25.3. The van der Waals surface area contributed by atoms with Gasteiger partial charge in [0.2, 0.25) is 0 Å². The number of rotatable bonds is 23. The first-order valence-corrected chi connectivity index (χ1v) is 12.5. The molecule has 0 aromatic rings. The van der Waals surface area contributed by atoms with Crippen LogP contribution in [0.1, 0.15) is 39.5 Å². The van der Waals surface area contributed by atoms with Gasteiger partial charge in [0.1, 0.15) is 0 Å². The van der Waals surface area contributed by atoms with E-state index in [0.717, 1.165) is 65.0 Å². The maximum Gasteiger partial charge on any atom is 0.185 e. The van der Waals surface area contributed by atoms with E-state index in [1.807, 2.05) is 0 Å². The van der Waals surface area contributed by atoms with E-state index in [2.05, 4.69) is 58.3 Å². The smallest absolute Gasteiger partial charge is 0.185 e. The summed E-state index contributed by atoms with van der Waals surface area (Å²) in [6.45, 7) is 13.5. The van der Waals surface area contributed by atoms with E-state index in [-0.39, 0.29) is 11.9 Å². The van der Waals surface area contributed by atoms with Crippen molar-refractivity contribution in [2.45, 2.75) is 39.5 Å². The Balaban J connectivity index is 4.04. The van der Waals surface area contributed by atoms with Gasteiger partial charge in [-0.25, -0.2) is 0 Å². The molecule has 0 fully saturated rings. The minimum absolute atomic E-state index is 0.0206. The van der Waals surface area contributed by atoms with E-state index in [0.29, 0.717) is 39.5 Å². The molecule has 0 aromatic heterocycles. The number of nitrogens with one attached hydrogen (secondary N) is 2. The number of ether oxygens (including phenoxy) is 2. The Hall–Kier alpha value is -2.14. The first kappa shape index (κ1) is 31.9. The van der Waals surface area contributed by atoms with Crippen LogP contribution in [-0.2, 0) is 9.47 Å².